The molecule has 0 aliphatic carbocycles. The highest BCUT2D eigenvalue weighted by Crippen LogP contribution is 2.38. The van der Waals surface area contributed by atoms with Gasteiger partial charge in [-0.05, 0) is 59.2 Å². The van der Waals surface area contributed by atoms with E-state index in [1.54, 1.807) is 28.4 Å². The van der Waals surface area contributed by atoms with Gasteiger partial charge in [-0.15, -0.1) is 11.3 Å². The van der Waals surface area contributed by atoms with Gasteiger partial charge >= 0.3 is 0 Å². The van der Waals surface area contributed by atoms with Crippen molar-refractivity contribution in [3.05, 3.63) is 91.9 Å². The Hall–Kier alpha value is -3.15. The van der Waals surface area contributed by atoms with E-state index in [9.17, 15) is 27.7 Å². The quantitative estimate of drug-likeness (QED) is 0.312. The number of carbonyl (C=O) groups excluding carboxylic acids is 1. The summed E-state index contributed by atoms with van der Waals surface area (Å²) in [5, 5.41) is 12.9. The minimum atomic E-state index is -4.09. The van der Waals surface area contributed by atoms with Crippen LogP contribution >= 0.6 is 11.3 Å². The van der Waals surface area contributed by atoms with Crippen LogP contribution in [0.15, 0.2) is 64.9 Å². The highest BCUT2D eigenvalue weighted by Gasteiger charge is 2.36. The topological polar surface area (TPSA) is 101 Å². The van der Waals surface area contributed by atoms with Crippen LogP contribution in [0.2, 0.25) is 0 Å². The average Bonchev–Trinajstić information content (AvgIpc) is 3.32. The normalized spacial score (nSPS) is 15.8. The number of thiophene rings is 1. The van der Waals surface area contributed by atoms with Crippen molar-refractivity contribution < 1.29 is 22.5 Å². The molecule has 0 saturated carbocycles. The second kappa shape index (κ2) is 10.5. The molecule has 0 bridgehead atoms. The lowest BCUT2D eigenvalue weighted by Crippen LogP contribution is -2.47. The number of carbonyl (C=O) groups is 1. The molecule has 1 atom stereocenters. The van der Waals surface area contributed by atoms with Crippen LogP contribution in [0.1, 0.15) is 35.9 Å². The number of fused-ring (bicyclic) bond motifs is 1. The van der Waals surface area contributed by atoms with Crippen molar-refractivity contribution in [3.8, 4) is 0 Å². The fourth-order valence-electron chi connectivity index (χ4n) is 4.38. The summed E-state index contributed by atoms with van der Waals surface area (Å²) in [6.45, 7) is 3.82. The van der Waals surface area contributed by atoms with Crippen LogP contribution in [0.4, 0.5) is 10.1 Å². The molecule has 1 amide bonds. The zero-order chi connectivity index (χ0) is 26.0. The lowest BCUT2D eigenvalue weighted by Gasteiger charge is -2.37. The maximum atomic E-state index is 13.7. The number of sulfonamides is 1. The van der Waals surface area contributed by atoms with Gasteiger partial charge in [-0.2, -0.15) is 4.31 Å². The van der Waals surface area contributed by atoms with E-state index in [-0.39, 0.29) is 41.3 Å². The van der Waals surface area contributed by atoms with E-state index in [1.807, 2.05) is 25.3 Å². The van der Waals surface area contributed by atoms with E-state index in [0.29, 0.717) is 13.0 Å². The fraction of sp³-hybridized carbons (Fsp3) is 0.320. The highest BCUT2D eigenvalue weighted by atomic mass is 32.2. The van der Waals surface area contributed by atoms with Crippen molar-refractivity contribution in [2.45, 2.75) is 31.2 Å². The second-order valence-corrected chi connectivity index (χ2v) is 12.0. The van der Waals surface area contributed by atoms with Crippen molar-refractivity contribution in [2.75, 3.05) is 19.6 Å². The smallest absolute Gasteiger partial charge is 0.269 e. The molecule has 2 heterocycles. The first kappa shape index (κ1) is 25.9. The first-order chi connectivity index (χ1) is 17.1. The number of nitrogens with zero attached hydrogens (tertiary/aromatic N) is 3. The van der Waals surface area contributed by atoms with Crippen molar-refractivity contribution in [1.29, 1.82) is 0 Å². The summed E-state index contributed by atoms with van der Waals surface area (Å²) in [5.74, 6) is -0.814. The van der Waals surface area contributed by atoms with Crippen LogP contribution < -0.4 is 0 Å². The molecule has 4 rings (SSSR count). The molecule has 0 spiro atoms. The molecule has 1 aliphatic heterocycles. The third-order valence-electron chi connectivity index (χ3n) is 6.04. The molecule has 0 radical (unpaired) electrons. The van der Waals surface area contributed by atoms with Crippen LogP contribution in [0.25, 0.3) is 0 Å². The third kappa shape index (κ3) is 5.32. The Labute approximate surface area is 213 Å². The van der Waals surface area contributed by atoms with Gasteiger partial charge in [0, 0.05) is 30.1 Å². The van der Waals surface area contributed by atoms with Crippen LogP contribution in [-0.4, -0.2) is 48.1 Å². The first-order valence-corrected chi connectivity index (χ1v) is 13.8. The first-order valence-electron chi connectivity index (χ1n) is 11.4. The van der Waals surface area contributed by atoms with Gasteiger partial charge in [0.2, 0.25) is 15.9 Å². The van der Waals surface area contributed by atoms with E-state index >= 15 is 0 Å². The highest BCUT2D eigenvalue weighted by molar-refractivity contribution is 7.89. The molecule has 2 aromatic carbocycles. The molecule has 0 N–H and O–H groups in total. The Balaban J connectivity index is 1.65. The molecule has 36 heavy (non-hydrogen) atoms. The number of rotatable bonds is 8. The lowest BCUT2D eigenvalue weighted by molar-refractivity contribution is -0.384. The molecule has 190 valence electrons. The summed E-state index contributed by atoms with van der Waals surface area (Å²) in [5.41, 5.74) is 1.49. The summed E-state index contributed by atoms with van der Waals surface area (Å²) in [4.78, 5) is 26.7. The Morgan fingerprint density at radius 3 is 2.44 bits per heavy atom. The number of non-ortho nitro benzene ring substituents is 1. The van der Waals surface area contributed by atoms with Gasteiger partial charge in [0.05, 0.1) is 22.4 Å². The Kier molecular flexibility index (Phi) is 7.53. The molecule has 0 saturated heterocycles. The van der Waals surface area contributed by atoms with Gasteiger partial charge in [-0.25, -0.2) is 12.8 Å². The Morgan fingerprint density at radius 1 is 1.17 bits per heavy atom. The summed E-state index contributed by atoms with van der Waals surface area (Å²) < 4.78 is 41.7. The summed E-state index contributed by atoms with van der Waals surface area (Å²) in [6, 6.07) is 12.1. The van der Waals surface area contributed by atoms with Gasteiger partial charge in [0.1, 0.15) is 5.82 Å². The number of hydrogen-bond donors (Lipinski definition) is 0. The van der Waals surface area contributed by atoms with Gasteiger partial charge in [-0.3, -0.25) is 14.9 Å². The Bertz CT molecular complexity index is 1360. The number of halogens is 1. The predicted molar refractivity (Wildman–Crippen MR) is 135 cm³/mol. The molecule has 11 heteroatoms. The van der Waals surface area contributed by atoms with Gasteiger partial charge < -0.3 is 4.90 Å². The van der Waals surface area contributed by atoms with E-state index in [4.69, 9.17) is 0 Å². The van der Waals surface area contributed by atoms with Crippen molar-refractivity contribution in [3.63, 3.8) is 0 Å². The number of benzene rings is 2. The molecule has 1 unspecified atom stereocenters. The summed E-state index contributed by atoms with van der Waals surface area (Å²) in [7, 11) is -4.09. The monoisotopic (exact) mass is 531 g/mol. The zero-order valence-electron chi connectivity index (χ0n) is 19.8. The van der Waals surface area contributed by atoms with E-state index in [2.05, 4.69) is 0 Å². The predicted octanol–water partition coefficient (Wildman–Crippen LogP) is 4.62. The number of nitro benzene ring substituents is 1. The lowest BCUT2D eigenvalue weighted by atomic mass is 9.93. The van der Waals surface area contributed by atoms with E-state index < -0.39 is 21.0 Å². The van der Waals surface area contributed by atoms with Gasteiger partial charge in [-0.1, -0.05) is 26.0 Å². The maximum absolute atomic E-state index is 13.7. The third-order valence-corrected chi connectivity index (χ3v) is 8.86. The largest absolute Gasteiger partial charge is 0.330 e. The summed E-state index contributed by atoms with van der Waals surface area (Å²) >= 11 is 1.60. The molecular formula is C25H26FN3O5S2. The Morgan fingerprint density at radius 2 is 1.83 bits per heavy atom. The molecule has 8 nitrogen and oxygen atoms in total. The fourth-order valence-corrected chi connectivity index (χ4v) is 6.83. The van der Waals surface area contributed by atoms with Crippen molar-refractivity contribution in [2.24, 2.45) is 5.92 Å². The van der Waals surface area contributed by atoms with Crippen molar-refractivity contribution in [1.82, 2.24) is 9.21 Å². The SMILES string of the molecule is CC(C)CN(CC(=O)N1CCc2sccc2C1c1ccc(F)cc1)S(=O)(=O)c1ccc([N+](=O)[O-])cc1. The zero-order valence-corrected chi connectivity index (χ0v) is 21.5. The van der Waals surface area contributed by atoms with Crippen LogP contribution in [0.3, 0.4) is 0 Å². The summed E-state index contributed by atoms with van der Waals surface area (Å²) in [6.07, 6.45) is 0.649. The second-order valence-electron chi connectivity index (χ2n) is 9.03. The van der Waals surface area contributed by atoms with E-state index in [0.717, 1.165) is 32.4 Å². The van der Waals surface area contributed by atoms with Gasteiger partial charge in [0.15, 0.2) is 0 Å². The number of nitro groups is 1. The minimum absolute atomic E-state index is 0.0663. The standard InChI is InChI=1S/C25H26FN3O5S2/c1-17(2)15-27(36(33,34)21-9-7-20(8-10-21)29(31)32)16-24(30)28-13-11-23-22(12-14-35-23)25(28)18-3-5-19(26)6-4-18/h3-10,12,14,17,25H,11,13,15-16H2,1-2H3. The number of hydrogen-bond acceptors (Lipinski definition) is 6. The van der Waals surface area contributed by atoms with Gasteiger partial charge in [0.25, 0.3) is 5.69 Å². The van der Waals surface area contributed by atoms with E-state index in [1.165, 1.54) is 24.3 Å². The molecule has 1 aromatic heterocycles. The van der Waals surface area contributed by atoms with Crippen LogP contribution in [0.5, 0.6) is 0 Å². The molecule has 3 aromatic rings. The average molecular weight is 532 g/mol. The molecule has 0 fully saturated rings. The maximum Gasteiger partial charge on any atom is 0.269 e. The molecular weight excluding hydrogens is 505 g/mol. The van der Waals surface area contributed by atoms with Crippen LogP contribution in [0, 0.1) is 21.8 Å². The number of amides is 1. The van der Waals surface area contributed by atoms with Crippen LogP contribution in [-0.2, 0) is 21.2 Å². The van der Waals surface area contributed by atoms with Crippen molar-refractivity contribution >= 4 is 33.0 Å². The minimum Gasteiger partial charge on any atom is -0.330 e. The molecule has 1 aliphatic rings.